The van der Waals surface area contributed by atoms with Gasteiger partial charge >= 0.3 is 0 Å². The number of thiophene rings is 1. The molecule has 0 atom stereocenters. The standard InChI is InChI=1S/C14H11N5O3S/c20-10-4-3-9(17-18-10)13(21)15-8-5-6-23-11(8)14-16-12(19-22-14)7-1-2-7/h3-7H,1-2H2,(H,15,21)(H,18,20). The minimum Gasteiger partial charge on any atom is -0.333 e. The number of nitrogens with one attached hydrogen (secondary N) is 2. The monoisotopic (exact) mass is 329 g/mol. The Kier molecular flexibility index (Phi) is 3.27. The number of carbonyl (C=O) groups is 1. The van der Waals surface area contributed by atoms with Crippen molar-refractivity contribution in [2.24, 2.45) is 0 Å². The Morgan fingerprint density at radius 3 is 2.96 bits per heavy atom. The van der Waals surface area contributed by atoms with Gasteiger partial charge in [-0.2, -0.15) is 10.1 Å². The number of H-pyrrole nitrogens is 1. The van der Waals surface area contributed by atoms with Crippen molar-refractivity contribution in [3.05, 3.63) is 45.5 Å². The zero-order valence-corrected chi connectivity index (χ0v) is 12.6. The zero-order chi connectivity index (χ0) is 15.8. The molecule has 3 aromatic rings. The van der Waals surface area contributed by atoms with Crippen LogP contribution in [0.15, 0.2) is 32.9 Å². The SMILES string of the molecule is O=C(Nc1ccsc1-c1nc(C2CC2)no1)c1ccc(=O)[nH]n1. The molecule has 4 rings (SSSR count). The summed E-state index contributed by atoms with van der Waals surface area (Å²) in [5.74, 6) is 1.08. The third-order valence-corrected chi connectivity index (χ3v) is 4.31. The Morgan fingerprint density at radius 1 is 1.35 bits per heavy atom. The molecule has 3 aromatic heterocycles. The molecule has 0 spiro atoms. The van der Waals surface area contributed by atoms with Gasteiger partial charge in [-0.15, -0.1) is 11.3 Å². The second kappa shape index (κ2) is 5.43. The molecule has 0 aromatic carbocycles. The number of hydrogen-bond acceptors (Lipinski definition) is 7. The van der Waals surface area contributed by atoms with E-state index in [4.69, 9.17) is 4.52 Å². The number of hydrogen-bond donors (Lipinski definition) is 2. The lowest BCUT2D eigenvalue weighted by Crippen LogP contribution is -2.17. The Hall–Kier alpha value is -2.81. The maximum Gasteiger partial charge on any atom is 0.276 e. The fraction of sp³-hybridized carbons (Fsp3) is 0.214. The van der Waals surface area contributed by atoms with Gasteiger partial charge in [0.15, 0.2) is 5.82 Å². The highest BCUT2D eigenvalue weighted by atomic mass is 32.1. The summed E-state index contributed by atoms with van der Waals surface area (Å²) >= 11 is 1.40. The Balaban J connectivity index is 1.57. The van der Waals surface area contributed by atoms with E-state index in [1.54, 1.807) is 6.07 Å². The number of amides is 1. The highest BCUT2D eigenvalue weighted by molar-refractivity contribution is 7.14. The summed E-state index contributed by atoms with van der Waals surface area (Å²) < 4.78 is 5.29. The van der Waals surface area contributed by atoms with Crippen molar-refractivity contribution in [1.82, 2.24) is 20.3 Å². The van der Waals surface area contributed by atoms with Gasteiger partial charge in [0.25, 0.3) is 17.4 Å². The van der Waals surface area contributed by atoms with Gasteiger partial charge in [-0.25, -0.2) is 5.10 Å². The van der Waals surface area contributed by atoms with Crippen molar-refractivity contribution in [3.8, 4) is 10.8 Å². The van der Waals surface area contributed by atoms with E-state index in [0.29, 0.717) is 28.2 Å². The van der Waals surface area contributed by atoms with Crippen LogP contribution in [-0.2, 0) is 0 Å². The molecule has 8 nitrogen and oxygen atoms in total. The third kappa shape index (κ3) is 2.78. The van der Waals surface area contributed by atoms with Crippen LogP contribution < -0.4 is 10.9 Å². The van der Waals surface area contributed by atoms with Crippen LogP contribution in [-0.4, -0.2) is 26.2 Å². The summed E-state index contributed by atoms with van der Waals surface area (Å²) in [6, 6.07) is 4.36. The molecule has 0 unspecified atom stereocenters. The molecule has 1 aliphatic rings. The molecule has 9 heteroatoms. The fourth-order valence-corrected chi connectivity index (χ4v) is 2.84. The van der Waals surface area contributed by atoms with E-state index >= 15 is 0 Å². The molecule has 3 heterocycles. The molecule has 23 heavy (non-hydrogen) atoms. The van der Waals surface area contributed by atoms with Crippen LogP contribution >= 0.6 is 11.3 Å². The van der Waals surface area contributed by atoms with Gasteiger partial charge in [0.1, 0.15) is 10.6 Å². The molecule has 0 radical (unpaired) electrons. The number of anilines is 1. The molecule has 1 fully saturated rings. The van der Waals surface area contributed by atoms with E-state index in [9.17, 15) is 9.59 Å². The molecular weight excluding hydrogens is 318 g/mol. The van der Waals surface area contributed by atoms with E-state index in [2.05, 4.69) is 25.7 Å². The summed E-state index contributed by atoms with van der Waals surface area (Å²) in [4.78, 5) is 28.2. The van der Waals surface area contributed by atoms with Gasteiger partial charge in [-0.05, 0) is 30.4 Å². The molecule has 0 saturated heterocycles. The lowest BCUT2D eigenvalue weighted by molar-refractivity contribution is 0.102. The molecule has 1 saturated carbocycles. The molecule has 1 aliphatic carbocycles. The second-order valence-electron chi connectivity index (χ2n) is 5.16. The van der Waals surface area contributed by atoms with Crippen molar-refractivity contribution in [2.75, 3.05) is 5.32 Å². The normalized spacial score (nSPS) is 13.9. The Bertz CT molecular complexity index is 904. The van der Waals surface area contributed by atoms with Crippen LogP contribution in [0.1, 0.15) is 35.1 Å². The van der Waals surface area contributed by atoms with Crippen molar-refractivity contribution in [1.29, 1.82) is 0 Å². The number of rotatable bonds is 4. The Morgan fingerprint density at radius 2 is 2.22 bits per heavy atom. The smallest absolute Gasteiger partial charge is 0.276 e. The van der Waals surface area contributed by atoms with Gasteiger partial charge in [-0.3, -0.25) is 9.59 Å². The van der Waals surface area contributed by atoms with Crippen LogP contribution in [0.2, 0.25) is 0 Å². The molecule has 0 bridgehead atoms. The lowest BCUT2D eigenvalue weighted by Gasteiger charge is -2.03. The molecular formula is C14H11N5O3S. The van der Waals surface area contributed by atoms with Crippen LogP contribution in [0.4, 0.5) is 5.69 Å². The van der Waals surface area contributed by atoms with Crippen molar-refractivity contribution >= 4 is 22.9 Å². The van der Waals surface area contributed by atoms with Gasteiger partial charge in [0, 0.05) is 12.0 Å². The van der Waals surface area contributed by atoms with E-state index in [1.165, 1.54) is 23.5 Å². The summed E-state index contributed by atoms with van der Waals surface area (Å²) in [6.07, 6.45) is 2.18. The summed E-state index contributed by atoms with van der Waals surface area (Å²) in [6.45, 7) is 0. The number of aromatic amines is 1. The van der Waals surface area contributed by atoms with Crippen LogP contribution in [0, 0.1) is 0 Å². The molecule has 116 valence electrons. The van der Waals surface area contributed by atoms with E-state index in [-0.39, 0.29) is 11.3 Å². The summed E-state index contributed by atoms with van der Waals surface area (Å²) in [7, 11) is 0. The second-order valence-corrected chi connectivity index (χ2v) is 6.07. The maximum atomic E-state index is 12.2. The fourth-order valence-electron chi connectivity index (χ4n) is 2.07. The average molecular weight is 329 g/mol. The van der Waals surface area contributed by atoms with Gasteiger partial charge in [0.05, 0.1) is 5.69 Å². The van der Waals surface area contributed by atoms with Crippen molar-refractivity contribution < 1.29 is 9.32 Å². The average Bonchev–Trinajstić information content (AvgIpc) is 3.10. The summed E-state index contributed by atoms with van der Waals surface area (Å²) in [5.41, 5.74) is 0.321. The molecule has 2 N–H and O–H groups in total. The first-order valence-corrected chi connectivity index (χ1v) is 7.87. The minimum atomic E-state index is -0.428. The van der Waals surface area contributed by atoms with Crippen LogP contribution in [0.5, 0.6) is 0 Å². The van der Waals surface area contributed by atoms with Crippen molar-refractivity contribution in [2.45, 2.75) is 18.8 Å². The minimum absolute atomic E-state index is 0.117. The Labute approximate surface area is 133 Å². The predicted octanol–water partition coefficient (Wildman–Crippen LogP) is 2.01. The largest absolute Gasteiger partial charge is 0.333 e. The van der Waals surface area contributed by atoms with E-state index in [1.807, 2.05) is 5.38 Å². The van der Waals surface area contributed by atoms with Crippen LogP contribution in [0.25, 0.3) is 10.8 Å². The third-order valence-electron chi connectivity index (χ3n) is 3.40. The van der Waals surface area contributed by atoms with E-state index < -0.39 is 5.91 Å². The van der Waals surface area contributed by atoms with Gasteiger partial charge in [0.2, 0.25) is 0 Å². The highest BCUT2D eigenvalue weighted by Crippen LogP contribution is 2.40. The topological polar surface area (TPSA) is 114 Å². The number of aromatic nitrogens is 4. The van der Waals surface area contributed by atoms with Gasteiger partial charge < -0.3 is 9.84 Å². The first kappa shape index (κ1) is 13.8. The zero-order valence-electron chi connectivity index (χ0n) is 11.8. The first-order valence-electron chi connectivity index (χ1n) is 6.99. The van der Waals surface area contributed by atoms with Crippen LogP contribution in [0.3, 0.4) is 0 Å². The lowest BCUT2D eigenvalue weighted by atomic mass is 10.3. The summed E-state index contributed by atoms with van der Waals surface area (Å²) in [5, 5.41) is 14.5. The van der Waals surface area contributed by atoms with Gasteiger partial charge in [-0.1, -0.05) is 5.16 Å². The highest BCUT2D eigenvalue weighted by Gasteiger charge is 2.29. The first-order chi connectivity index (χ1) is 11.2. The number of nitrogens with zero attached hydrogens (tertiary/aromatic N) is 3. The molecule has 1 amide bonds. The predicted molar refractivity (Wildman–Crippen MR) is 82.4 cm³/mol. The molecule has 0 aliphatic heterocycles. The quantitative estimate of drug-likeness (QED) is 0.757. The van der Waals surface area contributed by atoms with E-state index in [0.717, 1.165) is 12.8 Å². The van der Waals surface area contributed by atoms with Crippen molar-refractivity contribution in [3.63, 3.8) is 0 Å². The number of carbonyl (C=O) groups excluding carboxylic acids is 1. The maximum absolute atomic E-state index is 12.2.